The van der Waals surface area contributed by atoms with Gasteiger partial charge in [-0.25, -0.2) is 11.3 Å². The number of nitrogens with zero attached hydrogens (tertiary/aromatic N) is 1. The van der Waals surface area contributed by atoms with Gasteiger partial charge in [0.2, 0.25) is 0 Å². The molecule has 2 aromatic rings. The van der Waals surface area contributed by atoms with Crippen molar-refractivity contribution < 1.29 is 23.6 Å². The van der Waals surface area contributed by atoms with Crippen molar-refractivity contribution in [2.24, 2.45) is 0 Å². The van der Waals surface area contributed by atoms with Crippen molar-refractivity contribution in [2.75, 3.05) is 0 Å². The minimum absolute atomic E-state index is 0. The molecule has 0 fully saturated rings. The van der Waals surface area contributed by atoms with Gasteiger partial charge in [0, 0.05) is 0 Å². The molecule has 0 atom stereocenters. The second-order valence-corrected chi connectivity index (χ2v) is 2.78. The van der Waals surface area contributed by atoms with E-state index in [1.807, 2.05) is 18.2 Å². The molecule has 1 aromatic heterocycles. The fraction of sp³-hybridized carbons (Fsp3) is 0. The van der Waals surface area contributed by atoms with Gasteiger partial charge in [0.1, 0.15) is 0 Å². The van der Waals surface area contributed by atoms with Gasteiger partial charge in [-0.05, 0) is 0 Å². The van der Waals surface area contributed by atoms with E-state index >= 15 is 0 Å². The first kappa shape index (κ1) is 8.60. The number of thiazole rings is 1. The normalized spacial score (nSPS) is 9.45. The zero-order valence-corrected chi connectivity index (χ0v) is 6.89. The predicted octanol–water partition coefficient (Wildman–Crippen LogP) is -1.66. The van der Waals surface area contributed by atoms with Crippen molar-refractivity contribution in [3.63, 3.8) is 0 Å². The molecule has 0 aliphatic heterocycles. The van der Waals surface area contributed by atoms with E-state index in [4.69, 9.17) is 0 Å². The van der Waals surface area contributed by atoms with E-state index in [1.165, 1.54) is 11.3 Å². The molecule has 1 heterocycles. The first-order chi connectivity index (χ1) is 4.88. The molecule has 0 amide bonds. The van der Waals surface area contributed by atoms with E-state index in [2.05, 4.69) is 5.51 Å². The van der Waals surface area contributed by atoms with Crippen LogP contribution < -0.4 is 23.6 Å². The second kappa shape index (κ2) is 3.27. The van der Waals surface area contributed by atoms with Gasteiger partial charge in [0.25, 0.3) is 0 Å². The fourth-order valence-corrected chi connectivity index (χ4v) is 1.53. The molecular weight excluding hydrogens is 153 g/mol. The fourth-order valence-electron chi connectivity index (χ4n) is 0.851. The summed E-state index contributed by atoms with van der Waals surface area (Å²) in [6.45, 7) is 0. The van der Waals surface area contributed by atoms with E-state index in [0.29, 0.717) is 5.52 Å². The smallest absolute Gasteiger partial charge is 0.640 e. The molecule has 0 N–H and O–H groups in total. The van der Waals surface area contributed by atoms with Gasteiger partial charge >= 0.3 is 18.9 Å². The van der Waals surface area contributed by atoms with Crippen molar-refractivity contribution in [2.45, 2.75) is 0 Å². The summed E-state index contributed by atoms with van der Waals surface area (Å²) in [6.07, 6.45) is 0. The number of hydrogen-bond donors (Lipinski definition) is 0. The molecule has 0 aliphatic rings. The Bertz CT molecular complexity index is 360. The van der Waals surface area contributed by atoms with E-state index in [1.54, 1.807) is 6.07 Å². The molecule has 0 radical (unpaired) electrons. The van der Waals surface area contributed by atoms with Crippen molar-refractivity contribution in [1.82, 2.24) is 0 Å². The van der Waals surface area contributed by atoms with Crippen LogP contribution in [-0.4, -0.2) is 0 Å². The average molecular weight is 157 g/mol. The van der Waals surface area contributed by atoms with Crippen molar-refractivity contribution in [3.05, 3.63) is 35.0 Å². The summed E-state index contributed by atoms with van der Waals surface area (Å²) < 4.78 is 1.75. The van der Waals surface area contributed by atoms with Crippen molar-refractivity contribution in [3.8, 4) is 0 Å². The molecule has 50 valence electrons. The van der Waals surface area contributed by atoms with E-state index in [9.17, 15) is 5.21 Å². The summed E-state index contributed by atoms with van der Waals surface area (Å²) >= 11 is 1.34. The number of rotatable bonds is 0. The third-order valence-corrected chi connectivity index (χ3v) is 2.14. The topological polar surface area (TPSA) is 26.9 Å². The molecule has 0 bridgehead atoms. The van der Waals surface area contributed by atoms with Crippen LogP contribution in [0, 0.1) is 10.7 Å². The Balaban J connectivity index is 0.000000605. The summed E-state index contributed by atoms with van der Waals surface area (Å²) in [5.74, 6) is 0. The van der Waals surface area contributed by atoms with Gasteiger partial charge in [-0.1, -0.05) is 22.9 Å². The van der Waals surface area contributed by atoms with Crippen LogP contribution in [0.4, 0.5) is 0 Å². The van der Waals surface area contributed by atoms with E-state index in [0.717, 1.165) is 9.43 Å². The van der Waals surface area contributed by atoms with Crippen molar-refractivity contribution in [1.29, 1.82) is 0 Å². The number of hydrogen-bond acceptors (Lipinski definition) is 2. The second-order valence-electron chi connectivity index (χ2n) is 1.96. The van der Waals surface area contributed by atoms with Gasteiger partial charge in [-0.3, -0.25) is 4.73 Å². The van der Waals surface area contributed by atoms with Gasteiger partial charge < -0.3 is 5.21 Å². The first-order valence-corrected chi connectivity index (χ1v) is 3.68. The first-order valence-electron chi connectivity index (χ1n) is 2.87. The monoisotopic (exact) mass is 157 g/mol. The molecular formula is C7H4LiNOS. The summed E-state index contributed by atoms with van der Waals surface area (Å²) in [5.41, 5.74) is 3.28. The Morgan fingerprint density at radius 3 is 2.82 bits per heavy atom. The van der Waals surface area contributed by atoms with Crippen LogP contribution >= 0.6 is 11.3 Å². The molecule has 11 heavy (non-hydrogen) atoms. The van der Waals surface area contributed by atoms with E-state index in [-0.39, 0.29) is 18.9 Å². The molecule has 0 saturated heterocycles. The number of fused-ring (bicyclic) bond motifs is 1. The standard InChI is InChI=1S/C7H4NOS.Li/c9-8-5-10-7-4-2-1-3-6(7)8;/h1-4H;/q-1;+1. The molecule has 0 aliphatic carbocycles. The maximum Gasteiger partial charge on any atom is 1.00 e. The third-order valence-electron chi connectivity index (χ3n) is 1.32. The van der Waals surface area contributed by atoms with Crippen molar-refractivity contribution >= 4 is 21.6 Å². The number of para-hydroxylation sites is 1. The zero-order chi connectivity index (χ0) is 6.97. The Morgan fingerprint density at radius 2 is 2.09 bits per heavy atom. The molecule has 0 saturated carbocycles. The Hall–Kier alpha value is -0.493. The maximum atomic E-state index is 10.9. The van der Waals surface area contributed by atoms with Crippen LogP contribution in [0.3, 0.4) is 0 Å². The van der Waals surface area contributed by atoms with Gasteiger partial charge in [-0.15, -0.1) is 6.07 Å². The molecule has 0 unspecified atom stereocenters. The van der Waals surface area contributed by atoms with Gasteiger partial charge in [0.05, 0.1) is 5.52 Å². The summed E-state index contributed by atoms with van der Waals surface area (Å²) in [6, 6.07) is 7.45. The molecule has 1 aromatic carbocycles. The molecule has 4 heteroatoms. The summed E-state index contributed by atoms with van der Waals surface area (Å²) in [7, 11) is 0. The predicted molar refractivity (Wildman–Crippen MR) is 39.6 cm³/mol. The zero-order valence-electron chi connectivity index (χ0n) is 6.07. The Kier molecular flexibility index (Phi) is 2.56. The molecule has 0 spiro atoms. The van der Waals surface area contributed by atoms with Gasteiger partial charge in [0.15, 0.2) is 5.51 Å². The van der Waals surface area contributed by atoms with Gasteiger partial charge in [-0.2, -0.15) is 0 Å². The minimum atomic E-state index is 0. The number of benzene rings is 1. The Morgan fingerprint density at radius 1 is 1.36 bits per heavy atom. The largest absolute Gasteiger partial charge is 1.00 e. The quantitative estimate of drug-likeness (QED) is 0.194. The van der Waals surface area contributed by atoms with Crippen LogP contribution in [-0.2, 0) is 0 Å². The Labute approximate surface area is 80.2 Å². The summed E-state index contributed by atoms with van der Waals surface area (Å²) in [4.78, 5) is 0. The van der Waals surface area contributed by atoms with Crippen LogP contribution in [0.2, 0.25) is 0 Å². The molecule has 2 nitrogen and oxygen atoms in total. The maximum absolute atomic E-state index is 10.9. The molecule has 2 rings (SSSR count). The summed E-state index contributed by atoms with van der Waals surface area (Å²) in [5, 5.41) is 10.9. The van der Waals surface area contributed by atoms with E-state index < -0.39 is 0 Å². The van der Waals surface area contributed by atoms with Crippen LogP contribution in [0.5, 0.6) is 0 Å². The van der Waals surface area contributed by atoms with Crippen LogP contribution in [0.1, 0.15) is 0 Å². The third kappa shape index (κ3) is 1.41. The van der Waals surface area contributed by atoms with Crippen LogP contribution in [0.25, 0.3) is 10.2 Å². The minimum Gasteiger partial charge on any atom is -0.640 e. The number of aromatic nitrogens is 1. The average Bonchev–Trinajstić information content (AvgIpc) is 2.34. The van der Waals surface area contributed by atoms with Crippen LogP contribution in [0.15, 0.2) is 24.3 Å². The SMILES string of the molecule is [Li+].[O-][n+]1[c-]sc2ccccc21.